The van der Waals surface area contributed by atoms with Crippen LogP contribution in [0.25, 0.3) is 0 Å². The molecule has 0 fully saturated rings. The Morgan fingerprint density at radius 3 is 2.08 bits per heavy atom. The van der Waals surface area contributed by atoms with Crippen molar-refractivity contribution in [3.8, 4) is 23.8 Å². The van der Waals surface area contributed by atoms with Gasteiger partial charge in [-0.15, -0.1) is 6.42 Å². The Labute approximate surface area is 234 Å². The lowest BCUT2D eigenvalue weighted by atomic mass is 9.63. The van der Waals surface area contributed by atoms with Gasteiger partial charge in [-0.1, -0.05) is 33.6 Å². The largest absolute Gasteiger partial charge is 0.493 e. The maximum Gasteiger partial charge on any atom is 0.176 e. The molecule has 0 spiro atoms. The zero-order valence-electron chi connectivity index (χ0n) is 23.3. The summed E-state index contributed by atoms with van der Waals surface area (Å²) in [6, 6.07) is 3.83. The molecule has 1 aromatic carbocycles. The number of ether oxygens (including phenoxy) is 3. The first kappa shape index (κ1) is 28.4. The van der Waals surface area contributed by atoms with E-state index in [1.807, 2.05) is 12.1 Å². The molecule has 6 nitrogen and oxygen atoms in total. The summed E-state index contributed by atoms with van der Waals surface area (Å²) in [5, 5.41) is 0. The number of allylic oxidation sites excluding steroid dienone is 4. The minimum atomic E-state index is -0.460. The van der Waals surface area contributed by atoms with Crippen molar-refractivity contribution in [3.05, 3.63) is 44.7 Å². The lowest BCUT2D eigenvalue weighted by molar-refractivity contribution is -0.119. The van der Waals surface area contributed by atoms with Gasteiger partial charge in [0.1, 0.15) is 6.61 Å². The number of carbonyl (C=O) groups is 2. The third-order valence-corrected chi connectivity index (χ3v) is 8.23. The molecule has 204 valence electrons. The third-order valence-electron chi connectivity index (χ3n) is 7.64. The molecular formula is C31H38BrNO5. The number of halogens is 1. The summed E-state index contributed by atoms with van der Waals surface area (Å²) < 4.78 is 17.5. The second-order valence-corrected chi connectivity index (χ2v) is 12.9. The maximum atomic E-state index is 13.9. The van der Waals surface area contributed by atoms with Crippen molar-refractivity contribution in [1.82, 2.24) is 4.90 Å². The number of Topliss-reactive ketones (excluding diaryl/α,β-unsaturated/α-hetero) is 2. The van der Waals surface area contributed by atoms with Crippen molar-refractivity contribution < 1.29 is 23.8 Å². The predicted octanol–water partition coefficient (Wildman–Crippen LogP) is 6.19. The lowest BCUT2D eigenvalue weighted by Crippen LogP contribution is -2.44. The molecule has 0 amide bonds. The van der Waals surface area contributed by atoms with Crippen LogP contribution in [0.1, 0.15) is 71.3 Å². The van der Waals surface area contributed by atoms with Gasteiger partial charge in [-0.25, -0.2) is 0 Å². The Morgan fingerprint density at radius 2 is 1.58 bits per heavy atom. The molecule has 3 aliphatic rings. The van der Waals surface area contributed by atoms with Crippen molar-refractivity contribution in [3.63, 3.8) is 0 Å². The number of hydrogen-bond donors (Lipinski definition) is 0. The summed E-state index contributed by atoms with van der Waals surface area (Å²) in [6.07, 6.45) is 8.64. The fourth-order valence-electron chi connectivity index (χ4n) is 6.18. The quantitative estimate of drug-likeness (QED) is 0.268. The van der Waals surface area contributed by atoms with E-state index in [0.29, 0.717) is 42.0 Å². The Hall–Kier alpha value is -2.56. The van der Waals surface area contributed by atoms with Crippen LogP contribution >= 0.6 is 15.9 Å². The highest BCUT2D eigenvalue weighted by molar-refractivity contribution is 9.10. The average Bonchev–Trinajstić information content (AvgIpc) is 2.81. The van der Waals surface area contributed by atoms with Crippen molar-refractivity contribution in [2.24, 2.45) is 10.8 Å². The molecule has 2 aliphatic carbocycles. The van der Waals surface area contributed by atoms with Gasteiger partial charge in [-0.2, -0.15) is 0 Å². The van der Waals surface area contributed by atoms with Gasteiger partial charge in [0.05, 0.1) is 11.6 Å². The number of methoxy groups -OCH3 is 2. The summed E-state index contributed by atoms with van der Waals surface area (Å²) >= 11 is 3.63. The van der Waals surface area contributed by atoms with Gasteiger partial charge in [-0.3, -0.25) is 9.59 Å². The Morgan fingerprint density at radius 1 is 1.00 bits per heavy atom. The number of ketones is 2. The highest BCUT2D eigenvalue weighted by Gasteiger charge is 2.49. The lowest BCUT2D eigenvalue weighted by Gasteiger charge is -2.49. The summed E-state index contributed by atoms with van der Waals surface area (Å²) in [5.41, 5.74) is 4.05. The Kier molecular flexibility index (Phi) is 8.16. The van der Waals surface area contributed by atoms with Gasteiger partial charge in [0, 0.05) is 61.6 Å². The van der Waals surface area contributed by atoms with Gasteiger partial charge in [0.15, 0.2) is 23.1 Å². The number of carbonyl (C=O) groups excluding carboxylic acids is 2. The van der Waals surface area contributed by atoms with Gasteiger partial charge in [0.2, 0.25) is 0 Å². The van der Waals surface area contributed by atoms with Crippen LogP contribution in [-0.2, 0) is 14.3 Å². The van der Waals surface area contributed by atoms with Crippen molar-refractivity contribution in [2.75, 3.05) is 34.0 Å². The molecule has 0 atom stereocenters. The van der Waals surface area contributed by atoms with E-state index in [1.54, 1.807) is 14.2 Å². The first-order chi connectivity index (χ1) is 17.9. The summed E-state index contributed by atoms with van der Waals surface area (Å²) in [4.78, 5) is 30.1. The van der Waals surface area contributed by atoms with Gasteiger partial charge in [-0.05, 0) is 63.7 Å². The van der Waals surface area contributed by atoms with Crippen LogP contribution in [0.3, 0.4) is 0 Å². The fraction of sp³-hybridized carbons (Fsp3) is 0.548. The minimum Gasteiger partial charge on any atom is -0.493 e. The molecule has 1 aromatic rings. The van der Waals surface area contributed by atoms with E-state index in [4.69, 9.17) is 20.6 Å². The number of benzene rings is 1. The van der Waals surface area contributed by atoms with Crippen LogP contribution in [-0.4, -0.2) is 50.4 Å². The van der Waals surface area contributed by atoms with Crippen LogP contribution in [0.15, 0.2) is 39.1 Å². The van der Waals surface area contributed by atoms with Gasteiger partial charge >= 0.3 is 0 Å². The van der Waals surface area contributed by atoms with Crippen LogP contribution < -0.4 is 9.47 Å². The number of nitrogens with zero attached hydrogens (tertiary/aromatic N) is 1. The van der Waals surface area contributed by atoms with E-state index in [-0.39, 0.29) is 29.0 Å². The Balaban J connectivity index is 1.97. The molecule has 1 aliphatic heterocycles. The summed E-state index contributed by atoms with van der Waals surface area (Å²) in [7, 11) is 3.27. The molecule has 0 bridgehead atoms. The highest BCUT2D eigenvalue weighted by Crippen LogP contribution is 2.55. The molecule has 0 saturated carbocycles. The number of rotatable bonds is 8. The maximum absolute atomic E-state index is 13.9. The normalized spacial score (nSPS) is 20.7. The molecule has 4 rings (SSSR count). The second-order valence-electron chi connectivity index (χ2n) is 12.1. The topological polar surface area (TPSA) is 65.1 Å². The van der Waals surface area contributed by atoms with E-state index >= 15 is 0 Å². The molecule has 1 heterocycles. The predicted molar refractivity (Wildman–Crippen MR) is 151 cm³/mol. The van der Waals surface area contributed by atoms with Crippen LogP contribution in [0.5, 0.6) is 11.5 Å². The van der Waals surface area contributed by atoms with Crippen molar-refractivity contribution in [1.29, 1.82) is 0 Å². The molecule has 7 heteroatoms. The van der Waals surface area contributed by atoms with Crippen LogP contribution in [0.2, 0.25) is 0 Å². The van der Waals surface area contributed by atoms with E-state index in [2.05, 4.69) is 54.4 Å². The summed E-state index contributed by atoms with van der Waals surface area (Å²) in [6.45, 7) is 10.0. The molecule has 0 radical (unpaired) electrons. The molecule has 0 N–H and O–H groups in total. The standard InChI is InChI=1S/C31H38BrNO5/c1-8-11-38-29-20(32)13-19(14-25(29)37-7)26-27-21(15-30(2,3)17-23(27)34)33(10-9-12-36-6)22-16-31(4,5)18-24(35)28(22)26/h1,13-14,26H,9-12,15-18H2,2-7H3. The SMILES string of the molecule is C#CCOc1c(Br)cc(C2C3=C(CC(C)(C)CC3=O)N(CCCOC)C3=C2C(=O)CC(C)(C)C3)cc1OC. The van der Waals surface area contributed by atoms with E-state index in [9.17, 15) is 9.59 Å². The fourth-order valence-corrected chi connectivity index (χ4v) is 6.75. The zero-order chi connectivity index (χ0) is 27.8. The van der Waals surface area contributed by atoms with Gasteiger partial charge < -0.3 is 19.1 Å². The molecular weight excluding hydrogens is 546 g/mol. The average molecular weight is 585 g/mol. The van der Waals surface area contributed by atoms with E-state index < -0.39 is 5.92 Å². The van der Waals surface area contributed by atoms with Gasteiger partial charge in [0.25, 0.3) is 0 Å². The molecule has 38 heavy (non-hydrogen) atoms. The number of terminal acetylenes is 1. The molecule has 0 aromatic heterocycles. The minimum absolute atomic E-state index is 0.0971. The molecule has 0 unspecified atom stereocenters. The first-order valence-electron chi connectivity index (χ1n) is 13.2. The molecule has 0 saturated heterocycles. The smallest absolute Gasteiger partial charge is 0.176 e. The van der Waals surface area contributed by atoms with Crippen LogP contribution in [0, 0.1) is 23.2 Å². The number of hydrogen-bond acceptors (Lipinski definition) is 6. The highest BCUT2D eigenvalue weighted by atomic mass is 79.9. The van der Waals surface area contributed by atoms with Crippen molar-refractivity contribution >= 4 is 27.5 Å². The monoisotopic (exact) mass is 583 g/mol. The first-order valence-corrected chi connectivity index (χ1v) is 13.9. The van der Waals surface area contributed by atoms with E-state index in [1.165, 1.54) is 0 Å². The van der Waals surface area contributed by atoms with Crippen LogP contribution in [0.4, 0.5) is 0 Å². The van der Waals surface area contributed by atoms with E-state index in [0.717, 1.165) is 47.4 Å². The zero-order valence-corrected chi connectivity index (χ0v) is 24.9. The Bertz CT molecular complexity index is 1200. The van der Waals surface area contributed by atoms with Crippen molar-refractivity contribution in [2.45, 2.75) is 65.7 Å². The second kappa shape index (κ2) is 10.9. The summed E-state index contributed by atoms with van der Waals surface area (Å²) in [5.74, 6) is 3.23. The third kappa shape index (κ3) is 5.44.